The fourth-order valence-corrected chi connectivity index (χ4v) is 4.76. The molecule has 0 bridgehead atoms. The van der Waals surface area contributed by atoms with Crippen molar-refractivity contribution in [1.82, 2.24) is 16.0 Å². The van der Waals surface area contributed by atoms with Crippen LogP contribution < -0.4 is 21.7 Å². The second kappa shape index (κ2) is 10.0. The first-order chi connectivity index (χ1) is 11.2. The van der Waals surface area contributed by atoms with E-state index in [2.05, 4.69) is 16.0 Å². The van der Waals surface area contributed by atoms with Gasteiger partial charge >= 0.3 is 6.03 Å². The molecule has 2 aliphatic heterocycles. The Labute approximate surface area is 143 Å². The van der Waals surface area contributed by atoms with Crippen LogP contribution in [0.5, 0.6) is 0 Å². The maximum atomic E-state index is 11.8. The lowest BCUT2D eigenvalue weighted by atomic mass is 10.0. The molecular formula is C16H30N4O2S. The van der Waals surface area contributed by atoms with Crippen molar-refractivity contribution in [2.24, 2.45) is 5.73 Å². The van der Waals surface area contributed by atoms with E-state index in [0.717, 1.165) is 63.8 Å². The molecule has 2 heterocycles. The number of rotatable bonds is 11. The van der Waals surface area contributed by atoms with E-state index in [9.17, 15) is 9.59 Å². The van der Waals surface area contributed by atoms with Crippen molar-refractivity contribution < 1.29 is 9.59 Å². The Morgan fingerprint density at radius 3 is 2.83 bits per heavy atom. The van der Waals surface area contributed by atoms with Gasteiger partial charge < -0.3 is 21.7 Å². The fourth-order valence-electron chi connectivity index (χ4n) is 3.21. The van der Waals surface area contributed by atoms with Crippen LogP contribution in [0.4, 0.5) is 4.79 Å². The SMILES string of the molecule is NCCCCCCNC(=O)CCCC[C@@H]1SCC2NC(=O)NC21. The summed E-state index contributed by atoms with van der Waals surface area (Å²) in [6.07, 6.45) is 8.05. The fraction of sp³-hybridized carbons (Fsp3) is 0.875. The molecule has 2 aliphatic rings. The molecule has 5 N–H and O–H groups in total. The van der Waals surface area contributed by atoms with Crippen molar-refractivity contribution in [2.45, 2.75) is 68.7 Å². The molecule has 0 aliphatic carbocycles. The van der Waals surface area contributed by atoms with Crippen molar-refractivity contribution in [3.63, 3.8) is 0 Å². The molecule has 0 radical (unpaired) electrons. The van der Waals surface area contributed by atoms with Gasteiger partial charge in [0.05, 0.1) is 12.1 Å². The zero-order chi connectivity index (χ0) is 16.5. The number of hydrogen-bond donors (Lipinski definition) is 4. The highest BCUT2D eigenvalue weighted by Gasteiger charge is 2.42. The topological polar surface area (TPSA) is 96.2 Å². The van der Waals surface area contributed by atoms with E-state index in [0.29, 0.717) is 17.7 Å². The molecule has 0 aromatic carbocycles. The number of urea groups is 1. The minimum atomic E-state index is -0.0314. The normalized spacial score (nSPS) is 25.8. The first-order valence-electron chi connectivity index (χ1n) is 8.86. The van der Waals surface area contributed by atoms with E-state index >= 15 is 0 Å². The summed E-state index contributed by atoms with van der Waals surface area (Å²) in [5, 5.41) is 9.44. The third-order valence-corrected chi connectivity index (χ3v) is 6.04. The van der Waals surface area contributed by atoms with Crippen LogP contribution in [0, 0.1) is 0 Å². The third kappa shape index (κ3) is 6.22. The molecule has 0 spiro atoms. The molecule has 2 unspecified atom stereocenters. The van der Waals surface area contributed by atoms with E-state index in [4.69, 9.17) is 5.73 Å². The summed E-state index contributed by atoms with van der Waals surface area (Å²) >= 11 is 1.93. The molecule has 132 valence electrons. The lowest BCUT2D eigenvalue weighted by molar-refractivity contribution is -0.121. The molecule has 0 aromatic rings. The summed E-state index contributed by atoms with van der Waals surface area (Å²) in [6.45, 7) is 1.54. The van der Waals surface area contributed by atoms with Crippen molar-refractivity contribution in [2.75, 3.05) is 18.8 Å². The second-order valence-corrected chi connectivity index (χ2v) is 7.69. The highest BCUT2D eigenvalue weighted by molar-refractivity contribution is 8.00. The molecule has 23 heavy (non-hydrogen) atoms. The number of thioether (sulfide) groups is 1. The van der Waals surface area contributed by atoms with Crippen LogP contribution in [0.3, 0.4) is 0 Å². The number of fused-ring (bicyclic) bond motifs is 1. The van der Waals surface area contributed by atoms with Gasteiger partial charge in [-0.2, -0.15) is 11.8 Å². The van der Waals surface area contributed by atoms with Crippen molar-refractivity contribution in [3.05, 3.63) is 0 Å². The molecule has 2 fully saturated rings. The number of carbonyl (C=O) groups excluding carboxylic acids is 2. The highest BCUT2D eigenvalue weighted by Crippen LogP contribution is 2.33. The Bertz CT molecular complexity index is 394. The van der Waals surface area contributed by atoms with E-state index in [1.807, 2.05) is 11.8 Å². The minimum absolute atomic E-state index is 0.0314. The van der Waals surface area contributed by atoms with Crippen molar-refractivity contribution >= 4 is 23.7 Å². The number of unbranched alkanes of at least 4 members (excludes halogenated alkanes) is 4. The van der Waals surface area contributed by atoms with Gasteiger partial charge in [-0.15, -0.1) is 0 Å². The van der Waals surface area contributed by atoms with Gasteiger partial charge in [-0.05, 0) is 32.2 Å². The summed E-state index contributed by atoms with van der Waals surface area (Å²) in [5.74, 6) is 1.16. The molecule has 6 nitrogen and oxygen atoms in total. The van der Waals surface area contributed by atoms with Gasteiger partial charge in [0.15, 0.2) is 0 Å². The summed E-state index contributed by atoms with van der Waals surface area (Å²) in [6, 6.07) is 0.533. The van der Waals surface area contributed by atoms with Crippen LogP contribution in [-0.4, -0.2) is 48.1 Å². The predicted molar refractivity (Wildman–Crippen MR) is 94.5 cm³/mol. The molecule has 2 rings (SSSR count). The Morgan fingerprint density at radius 2 is 2.00 bits per heavy atom. The lowest BCUT2D eigenvalue weighted by Crippen LogP contribution is -2.36. The van der Waals surface area contributed by atoms with Crippen LogP contribution in [0.15, 0.2) is 0 Å². The molecule has 2 saturated heterocycles. The Morgan fingerprint density at radius 1 is 1.17 bits per heavy atom. The van der Waals surface area contributed by atoms with Gasteiger partial charge in [0.25, 0.3) is 0 Å². The molecule has 3 atom stereocenters. The number of nitrogens with two attached hydrogens (primary N) is 1. The van der Waals surface area contributed by atoms with E-state index in [1.54, 1.807) is 0 Å². The summed E-state index contributed by atoms with van der Waals surface area (Å²) in [4.78, 5) is 23.1. The van der Waals surface area contributed by atoms with Gasteiger partial charge in [0.1, 0.15) is 0 Å². The minimum Gasteiger partial charge on any atom is -0.356 e. The maximum absolute atomic E-state index is 11.8. The Balaban J connectivity index is 1.46. The number of hydrogen-bond acceptors (Lipinski definition) is 4. The predicted octanol–water partition coefficient (Wildman–Crippen LogP) is 1.35. The van der Waals surface area contributed by atoms with Crippen LogP contribution in [-0.2, 0) is 4.79 Å². The monoisotopic (exact) mass is 342 g/mol. The van der Waals surface area contributed by atoms with E-state index in [-0.39, 0.29) is 18.0 Å². The number of carbonyl (C=O) groups is 2. The maximum Gasteiger partial charge on any atom is 0.315 e. The average molecular weight is 343 g/mol. The lowest BCUT2D eigenvalue weighted by Gasteiger charge is -2.16. The standard InChI is InChI=1S/C16H30N4O2S/c17-9-5-1-2-6-10-18-14(21)8-4-3-7-13-15-12(11-23-13)19-16(22)20-15/h12-13,15H,1-11,17H2,(H,18,21)(H2,19,20,22)/t12?,13-,15?/m0/s1. The van der Waals surface area contributed by atoms with Gasteiger partial charge in [-0.3, -0.25) is 4.79 Å². The van der Waals surface area contributed by atoms with Crippen LogP contribution in [0.2, 0.25) is 0 Å². The Kier molecular flexibility index (Phi) is 8.02. The first kappa shape index (κ1) is 18.4. The molecule has 0 aromatic heterocycles. The highest BCUT2D eigenvalue weighted by atomic mass is 32.2. The van der Waals surface area contributed by atoms with Crippen LogP contribution >= 0.6 is 11.8 Å². The third-order valence-electron chi connectivity index (χ3n) is 4.53. The Hall–Kier alpha value is -0.950. The zero-order valence-corrected chi connectivity index (χ0v) is 14.6. The quantitative estimate of drug-likeness (QED) is 0.337. The summed E-state index contributed by atoms with van der Waals surface area (Å²) in [7, 11) is 0. The van der Waals surface area contributed by atoms with Gasteiger partial charge in [0.2, 0.25) is 5.91 Å². The summed E-state index contributed by atoms with van der Waals surface area (Å²) < 4.78 is 0. The van der Waals surface area contributed by atoms with Crippen molar-refractivity contribution in [3.8, 4) is 0 Å². The molecule has 3 amide bonds. The van der Waals surface area contributed by atoms with E-state index < -0.39 is 0 Å². The second-order valence-electron chi connectivity index (χ2n) is 6.42. The van der Waals surface area contributed by atoms with E-state index in [1.165, 1.54) is 0 Å². The first-order valence-corrected chi connectivity index (χ1v) is 9.91. The van der Waals surface area contributed by atoms with Crippen LogP contribution in [0.1, 0.15) is 51.4 Å². The number of nitrogens with one attached hydrogen (secondary N) is 3. The van der Waals surface area contributed by atoms with Gasteiger partial charge in [0, 0.05) is 24.0 Å². The zero-order valence-electron chi connectivity index (χ0n) is 13.8. The largest absolute Gasteiger partial charge is 0.356 e. The van der Waals surface area contributed by atoms with Crippen LogP contribution in [0.25, 0.3) is 0 Å². The molecular weight excluding hydrogens is 312 g/mol. The average Bonchev–Trinajstić information content (AvgIpc) is 3.07. The van der Waals surface area contributed by atoms with Gasteiger partial charge in [-0.25, -0.2) is 4.79 Å². The number of amides is 3. The van der Waals surface area contributed by atoms with Gasteiger partial charge in [-0.1, -0.05) is 19.3 Å². The molecule has 7 heteroatoms. The smallest absolute Gasteiger partial charge is 0.315 e. The van der Waals surface area contributed by atoms with Crippen molar-refractivity contribution in [1.29, 1.82) is 0 Å². The molecule has 0 saturated carbocycles. The summed E-state index contributed by atoms with van der Waals surface area (Å²) in [5.41, 5.74) is 5.44.